The molecule has 82 valence electrons. The highest BCUT2D eigenvalue weighted by Gasteiger charge is 2.16. The average Bonchev–Trinajstić information content (AvgIpc) is 2.26. The molecular formula is C11H17N3O. The van der Waals surface area contributed by atoms with E-state index >= 15 is 0 Å². The Morgan fingerprint density at radius 2 is 2.33 bits per heavy atom. The fourth-order valence-electron chi connectivity index (χ4n) is 1.42. The van der Waals surface area contributed by atoms with Crippen LogP contribution >= 0.6 is 0 Å². The van der Waals surface area contributed by atoms with Crippen molar-refractivity contribution in [3.05, 3.63) is 30.1 Å². The van der Waals surface area contributed by atoms with Crippen LogP contribution in [0.2, 0.25) is 0 Å². The van der Waals surface area contributed by atoms with Crippen LogP contribution in [-0.2, 0) is 4.79 Å². The van der Waals surface area contributed by atoms with Crippen molar-refractivity contribution < 1.29 is 4.79 Å². The number of carbonyl (C=O) groups is 1. The predicted molar refractivity (Wildman–Crippen MR) is 59.1 cm³/mol. The summed E-state index contributed by atoms with van der Waals surface area (Å²) in [6.45, 7) is 3.89. The fourth-order valence-corrected chi connectivity index (χ4v) is 1.42. The minimum Gasteiger partial charge on any atom is -0.368 e. The Labute approximate surface area is 89.9 Å². The molecule has 1 heterocycles. The van der Waals surface area contributed by atoms with Gasteiger partial charge in [0.1, 0.15) is 0 Å². The van der Waals surface area contributed by atoms with Crippen LogP contribution in [0.25, 0.3) is 0 Å². The summed E-state index contributed by atoms with van der Waals surface area (Å²) in [7, 11) is 0. The molecule has 1 aromatic rings. The lowest BCUT2D eigenvalue weighted by Gasteiger charge is -2.19. The Hall–Kier alpha value is -1.42. The van der Waals surface area contributed by atoms with Crippen molar-refractivity contribution in [2.45, 2.75) is 32.4 Å². The first-order valence-electron chi connectivity index (χ1n) is 5.11. The van der Waals surface area contributed by atoms with Gasteiger partial charge in [-0.1, -0.05) is 13.0 Å². The van der Waals surface area contributed by atoms with Gasteiger partial charge in [-0.3, -0.25) is 15.1 Å². The minimum atomic E-state index is -0.319. The van der Waals surface area contributed by atoms with Gasteiger partial charge in [0, 0.05) is 12.2 Å². The highest BCUT2D eigenvalue weighted by atomic mass is 16.1. The standard InChI is InChI=1S/C11H17N3O/c1-3-9(11(12)15)14-8(2)10-6-4-5-7-13-10/h4-9,14H,3H2,1-2H3,(H2,12,15)/t8-,9?/m0/s1. The molecule has 0 spiro atoms. The van der Waals surface area contributed by atoms with Gasteiger partial charge in [0.15, 0.2) is 0 Å². The minimum absolute atomic E-state index is 0.0312. The van der Waals surface area contributed by atoms with Crippen LogP contribution in [0.1, 0.15) is 32.0 Å². The Morgan fingerprint density at radius 3 is 2.80 bits per heavy atom. The van der Waals surface area contributed by atoms with E-state index < -0.39 is 0 Å². The monoisotopic (exact) mass is 207 g/mol. The highest BCUT2D eigenvalue weighted by Crippen LogP contribution is 2.09. The molecule has 1 amide bonds. The van der Waals surface area contributed by atoms with E-state index in [0.717, 1.165) is 5.69 Å². The third-order valence-electron chi connectivity index (χ3n) is 2.33. The lowest BCUT2D eigenvalue weighted by molar-refractivity contribution is -0.120. The number of amides is 1. The molecule has 0 bridgehead atoms. The van der Waals surface area contributed by atoms with Crippen LogP contribution in [0.3, 0.4) is 0 Å². The summed E-state index contributed by atoms with van der Waals surface area (Å²) in [6, 6.07) is 5.45. The molecule has 4 nitrogen and oxygen atoms in total. The van der Waals surface area contributed by atoms with Crippen LogP contribution in [0, 0.1) is 0 Å². The van der Waals surface area contributed by atoms with E-state index in [9.17, 15) is 4.79 Å². The molecule has 0 radical (unpaired) electrons. The van der Waals surface area contributed by atoms with Crippen molar-refractivity contribution in [3.8, 4) is 0 Å². The first kappa shape index (κ1) is 11.7. The van der Waals surface area contributed by atoms with E-state index in [1.54, 1.807) is 6.20 Å². The third kappa shape index (κ3) is 3.32. The number of hydrogen-bond donors (Lipinski definition) is 2. The van der Waals surface area contributed by atoms with E-state index in [4.69, 9.17) is 5.73 Å². The number of rotatable bonds is 5. The Balaban J connectivity index is 2.62. The first-order chi connectivity index (χ1) is 7.15. The molecule has 1 aromatic heterocycles. The second-order valence-corrected chi connectivity index (χ2v) is 3.51. The van der Waals surface area contributed by atoms with E-state index in [2.05, 4.69) is 10.3 Å². The molecule has 1 rings (SSSR count). The van der Waals surface area contributed by atoms with Gasteiger partial charge < -0.3 is 5.73 Å². The maximum atomic E-state index is 11.0. The van der Waals surface area contributed by atoms with Gasteiger partial charge >= 0.3 is 0 Å². The average molecular weight is 207 g/mol. The van der Waals surface area contributed by atoms with Crippen molar-refractivity contribution in [3.63, 3.8) is 0 Å². The molecule has 1 unspecified atom stereocenters. The summed E-state index contributed by atoms with van der Waals surface area (Å²) < 4.78 is 0. The van der Waals surface area contributed by atoms with Crippen molar-refractivity contribution >= 4 is 5.91 Å². The van der Waals surface area contributed by atoms with Crippen LogP contribution < -0.4 is 11.1 Å². The lowest BCUT2D eigenvalue weighted by Crippen LogP contribution is -2.42. The summed E-state index contributed by atoms with van der Waals surface area (Å²) in [5.74, 6) is -0.319. The second kappa shape index (κ2) is 5.46. The molecule has 2 atom stereocenters. The van der Waals surface area contributed by atoms with Crippen LogP contribution in [0.15, 0.2) is 24.4 Å². The maximum absolute atomic E-state index is 11.0. The number of nitrogens with one attached hydrogen (secondary N) is 1. The zero-order valence-corrected chi connectivity index (χ0v) is 9.10. The molecule has 0 aromatic carbocycles. The maximum Gasteiger partial charge on any atom is 0.234 e. The van der Waals surface area contributed by atoms with Crippen LogP contribution in [0.5, 0.6) is 0 Å². The molecule has 4 heteroatoms. The van der Waals surface area contributed by atoms with E-state index in [1.807, 2.05) is 32.0 Å². The van der Waals surface area contributed by atoms with Gasteiger partial charge in [0.2, 0.25) is 5.91 Å². The van der Waals surface area contributed by atoms with Gasteiger partial charge in [-0.15, -0.1) is 0 Å². The first-order valence-corrected chi connectivity index (χ1v) is 5.11. The van der Waals surface area contributed by atoms with Crippen molar-refractivity contribution in [1.29, 1.82) is 0 Å². The van der Waals surface area contributed by atoms with Gasteiger partial charge in [-0.05, 0) is 25.5 Å². The SMILES string of the molecule is CCC(N[C@@H](C)c1ccccn1)C(N)=O. The fraction of sp³-hybridized carbons (Fsp3) is 0.455. The zero-order valence-electron chi connectivity index (χ0n) is 9.10. The summed E-state index contributed by atoms with van der Waals surface area (Å²) >= 11 is 0. The zero-order chi connectivity index (χ0) is 11.3. The van der Waals surface area contributed by atoms with Gasteiger partial charge in [-0.2, -0.15) is 0 Å². The van der Waals surface area contributed by atoms with E-state index in [1.165, 1.54) is 0 Å². The van der Waals surface area contributed by atoms with Gasteiger partial charge in [0.25, 0.3) is 0 Å². The number of nitrogens with zero attached hydrogens (tertiary/aromatic N) is 1. The Morgan fingerprint density at radius 1 is 1.60 bits per heavy atom. The topological polar surface area (TPSA) is 68.0 Å². The van der Waals surface area contributed by atoms with Crippen molar-refractivity contribution in [2.24, 2.45) is 5.73 Å². The molecule has 3 N–H and O–H groups in total. The third-order valence-corrected chi connectivity index (χ3v) is 2.33. The number of primary amides is 1. The van der Waals surface area contributed by atoms with Crippen molar-refractivity contribution in [1.82, 2.24) is 10.3 Å². The van der Waals surface area contributed by atoms with Gasteiger partial charge in [0.05, 0.1) is 11.7 Å². The van der Waals surface area contributed by atoms with Gasteiger partial charge in [-0.25, -0.2) is 0 Å². The second-order valence-electron chi connectivity index (χ2n) is 3.51. The Bertz CT molecular complexity index is 313. The van der Waals surface area contributed by atoms with E-state index in [-0.39, 0.29) is 18.0 Å². The van der Waals surface area contributed by atoms with Crippen LogP contribution in [-0.4, -0.2) is 16.9 Å². The molecule has 15 heavy (non-hydrogen) atoms. The molecular weight excluding hydrogens is 190 g/mol. The number of nitrogens with two attached hydrogens (primary N) is 1. The molecule has 0 aliphatic heterocycles. The molecule has 0 aliphatic carbocycles. The smallest absolute Gasteiger partial charge is 0.234 e. The predicted octanol–water partition coefficient (Wildman–Crippen LogP) is 0.996. The quantitative estimate of drug-likeness (QED) is 0.756. The summed E-state index contributed by atoms with van der Waals surface area (Å²) in [5, 5.41) is 3.15. The largest absolute Gasteiger partial charge is 0.368 e. The summed E-state index contributed by atoms with van der Waals surface area (Å²) in [6.07, 6.45) is 2.42. The van der Waals surface area contributed by atoms with E-state index in [0.29, 0.717) is 6.42 Å². The molecule has 0 fully saturated rings. The number of aromatic nitrogens is 1. The lowest BCUT2D eigenvalue weighted by atomic mass is 10.1. The number of carbonyl (C=O) groups excluding carboxylic acids is 1. The molecule has 0 saturated heterocycles. The normalized spacial score (nSPS) is 14.5. The molecule has 0 saturated carbocycles. The number of hydrogen-bond acceptors (Lipinski definition) is 3. The number of pyridine rings is 1. The molecule has 0 aliphatic rings. The van der Waals surface area contributed by atoms with Crippen LogP contribution in [0.4, 0.5) is 0 Å². The highest BCUT2D eigenvalue weighted by molar-refractivity contribution is 5.79. The van der Waals surface area contributed by atoms with Crippen molar-refractivity contribution in [2.75, 3.05) is 0 Å². The summed E-state index contributed by atoms with van der Waals surface area (Å²) in [4.78, 5) is 15.2. The summed E-state index contributed by atoms with van der Waals surface area (Å²) in [5.41, 5.74) is 6.17. The Kier molecular flexibility index (Phi) is 4.24.